The number of anilines is 1. The number of aromatic nitrogens is 1. The highest BCUT2D eigenvalue weighted by molar-refractivity contribution is 7.13. The first-order chi connectivity index (χ1) is 10.3. The number of thiophene rings is 1. The molecule has 0 atom stereocenters. The summed E-state index contributed by atoms with van der Waals surface area (Å²) in [6.07, 6.45) is 1.73. The Morgan fingerprint density at radius 1 is 1.38 bits per heavy atom. The molecular formula is C15H13ClN2O2S. The second kappa shape index (κ2) is 6.20. The first kappa shape index (κ1) is 14.0. The molecule has 0 saturated carbocycles. The highest BCUT2D eigenvalue weighted by Crippen LogP contribution is 2.29. The van der Waals surface area contributed by atoms with Gasteiger partial charge in [0.05, 0.1) is 30.4 Å². The standard InChI is InChI=1S/C15H13ClN2O2S/c1-19-12-5-4-10(16)7-11(12)17-9-15-18-8-13(20-15)14-3-2-6-21-14/h2-8,17H,9H2,1H3. The number of ether oxygens (including phenoxy) is 1. The lowest BCUT2D eigenvalue weighted by atomic mass is 10.3. The molecule has 6 heteroatoms. The van der Waals surface area contributed by atoms with Crippen molar-refractivity contribution >= 4 is 28.6 Å². The predicted octanol–water partition coefficient (Wildman–Crippen LogP) is 4.68. The summed E-state index contributed by atoms with van der Waals surface area (Å²) < 4.78 is 11.0. The number of hydrogen-bond acceptors (Lipinski definition) is 5. The van der Waals surface area contributed by atoms with Crippen LogP contribution in [0.2, 0.25) is 5.02 Å². The number of rotatable bonds is 5. The normalized spacial score (nSPS) is 10.6. The molecule has 0 spiro atoms. The maximum absolute atomic E-state index is 5.99. The first-order valence-corrected chi connectivity index (χ1v) is 7.58. The van der Waals surface area contributed by atoms with Gasteiger partial charge in [-0.25, -0.2) is 4.98 Å². The molecule has 4 nitrogen and oxygen atoms in total. The van der Waals surface area contributed by atoms with Gasteiger partial charge in [-0.15, -0.1) is 11.3 Å². The molecule has 0 aliphatic rings. The number of nitrogens with zero attached hydrogens (tertiary/aromatic N) is 1. The Balaban J connectivity index is 1.72. The van der Waals surface area contributed by atoms with Crippen LogP contribution in [0.5, 0.6) is 5.75 Å². The van der Waals surface area contributed by atoms with E-state index in [-0.39, 0.29) is 0 Å². The van der Waals surface area contributed by atoms with Crippen LogP contribution in [0.25, 0.3) is 10.6 Å². The number of nitrogens with one attached hydrogen (secondary N) is 1. The van der Waals surface area contributed by atoms with Crippen molar-refractivity contribution in [3.63, 3.8) is 0 Å². The van der Waals surface area contributed by atoms with Gasteiger partial charge in [0.15, 0.2) is 5.76 Å². The Labute approximate surface area is 131 Å². The van der Waals surface area contributed by atoms with Crippen molar-refractivity contribution in [2.45, 2.75) is 6.54 Å². The minimum absolute atomic E-state index is 0.460. The van der Waals surface area contributed by atoms with Crippen LogP contribution in [-0.4, -0.2) is 12.1 Å². The van der Waals surface area contributed by atoms with Crippen molar-refractivity contribution in [3.8, 4) is 16.4 Å². The summed E-state index contributed by atoms with van der Waals surface area (Å²) in [5.74, 6) is 2.12. The summed E-state index contributed by atoms with van der Waals surface area (Å²) in [7, 11) is 1.62. The molecule has 2 aromatic heterocycles. The third-order valence-corrected chi connectivity index (χ3v) is 4.03. The zero-order valence-corrected chi connectivity index (χ0v) is 12.9. The third kappa shape index (κ3) is 3.20. The maximum atomic E-state index is 5.99. The van der Waals surface area contributed by atoms with Crippen LogP contribution >= 0.6 is 22.9 Å². The summed E-state index contributed by atoms with van der Waals surface area (Å²) >= 11 is 7.61. The lowest BCUT2D eigenvalue weighted by Gasteiger charge is -2.09. The van der Waals surface area contributed by atoms with Gasteiger partial charge in [-0.3, -0.25) is 0 Å². The van der Waals surface area contributed by atoms with E-state index in [0.717, 1.165) is 22.1 Å². The van der Waals surface area contributed by atoms with E-state index in [4.69, 9.17) is 20.8 Å². The first-order valence-electron chi connectivity index (χ1n) is 6.32. The largest absolute Gasteiger partial charge is 0.495 e. The molecular weight excluding hydrogens is 308 g/mol. The molecule has 0 saturated heterocycles. The number of hydrogen-bond donors (Lipinski definition) is 1. The van der Waals surface area contributed by atoms with Gasteiger partial charge >= 0.3 is 0 Å². The maximum Gasteiger partial charge on any atom is 0.214 e. The van der Waals surface area contributed by atoms with Crippen LogP contribution < -0.4 is 10.1 Å². The van der Waals surface area contributed by atoms with Crippen molar-refractivity contribution in [2.24, 2.45) is 0 Å². The molecule has 1 N–H and O–H groups in total. The fourth-order valence-corrected chi connectivity index (χ4v) is 2.76. The molecule has 108 valence electrons. The van der Waals surface area contributed by atoms with Gasteiger partial charge in [0.2, 0.25) is 5.89 Å². The zero-order chi connectivity index (χ0) is 14.7. The van der Waals surface area contributed by atoms with Crippen molar-refractivity contribution in [3.05, 3.63) is 52.8 Å². The topological polar surface area (TPSA) is 47.3 Å². The predicted molar refractivity (Wildman–Crippen MR) is 85.1 cm³/mol. The summed E-state index contributed by atoms with van der Waals surface area (Å²) in [5, 5.41) is 5.87. The summed E-state index contributed by atoms with van der Waals surface area (Å²) in [6.45, 7) is 0.460. The molecule has 0 aliphatic heterocycles. The SMILES string of the molecule is COc1ccc(Cl)cc1NCc1ncc(-c2cccs2)o1. The molecule has 0 unspecified atom stereocenters. The smallest absolute Gasteiger partial charge is 0.214 e. The van der Waals surface area contributed by atoms with Crippen LogP contribution in [0, 0.1) is 0 Å². The molecule has 0 fully saturated rings. The van der Waals surface area contributed by atoms with Gasteiger partial charge in [0.1, 0.15) is 5.75 Å². The molecule has 21 heavy (non-hydrogen) atoms. The van der Waals surface area contributed by atoms with E-state index in [1.165, 1.54) is 0 Å². The lowest BCUT2D eigenvalue weighted by Crippen LogP contribution is -2.01. The minimum Gasteiger partial charge on any atom is -0.495 e. The van der Waals surface area contributed by atoms with Crippen molar-refractivity contribution < 1.29 is 9.15 Å². The fraction of sp³-hybridized carbons (Fsp3) is 0.133. The van der Waals surface area contributed by atoms with Gasteiger partial charge < -0.3 is 14.5 Å². The van der Waals surface area contributed by atoms with Gasteiger partial charge in [0, 0.05) is 5.02 Å². The Morgan fingerprint density at radius 2 is 2.29 bits per heavy atom. The second-order valence-electron chi connectivity index (χ2n) is 4.29. The van der Waals surface area contributed by atoms with Crippen LogP contribution in [-0.2, 0) is 6.54 Å². The molecule has 3 aromatic rings. The van der Waals surface area contributed by atoms with E-state index < -0.39 is 0 Å². The van der Waals surface area contributed by atoms with Gasteiger partial charge in [-0.1, -0.05) is 17.7 Å². The van der Waals surface area contributed by atoms with Gasteiger partial charge in [0.25, 0.3) is 0 Å². The van der Waals surface area contributed by atoms with Crippen LogP contribution in [0.3, 0.4) is 0 Å². The minimum atomic E-state index is 0.460. The Bertz CT molecular complexity index is 725. The second-order valence-corrected chi connectivity index (χ2v) is 5.68. The highest BCUT2D eigenvalue weighted by atomic mass is 35.5. The van der Waals surface area contributed by atoms with Crippen LogP contribution in [0.4, 0.5) is 5.69 Å². The van der Waals surface area contributed by atoms with E-state index in [0.29, 0.717) is 17.5 Å². The number of halogens is 1. The number of methoxy groups -OCH3 is 1. The monoisotopic (exact) mass is 320 g/mol. The summed E-state index contributed by atoms with van der Waals surface area (Å²) in [4.78, 5) is 5.33. The van der Waals surface area contributed by atoms with E-state index in [1.54, 1.807) is 30.7 Å². The van der Waals surface area contributed by atoms with Crippen LogP contribution in [0.15, 0.2) is 46.3 Å². The zero-order valence-electron chi connectivity index (χ0n) is 11.3. The van der Waals surface area contributed by atoms with E-state index in [9.17, 15) is 0 Å². The van der Waals surface area contributed by atoms with Crippen molar-refractivity contribution in [2.75, 3.05) is 12.4 Å². The fourth-order valence-electron chi connectivity index (χ4n) is 1.91. The molecule has 0 aliphatic carbocycles. The quantitative estimate of drug-likeness (QED) is 0.741. The Hall–Kier alpha value is -1.98. The molecule has 0 bridgehead atoms. The van der Waals surface area contributed by atoms with E-state index in [1.807, 2.05) is 29.6 Å². The van der Waals surface area contributed by atoms with E-state index >= 15 is 0 Å². The summed E-state index contributed by atoms with van der Waals surface area (Å²) in [6, 6.07) is 9.39. The van der Waals surface area contributed by atoms with Crippen molar-refractivity contribution in [1.29, 1.82) is 0 Å². The Kier molecular flexibility index (Phi) is 4.13. The van der Waals surface area contributed by atoms with Gasteiger partial charge in [-0.05, 0) is 29.6 Å². The third-order valence-electron chi connectivity index (χ3n) is 2.91. The average Bonchev–Trinajstić information content (AvgIpc) is 3.16. The lowest BCUT2D eigenvalue weighted by molar-refractivity contribution is 0.416. The molecule has 0 radical (unpaired) electrons. The Morgan fingerprint density at radius 3 is 3.05 bits per heavy atom. The summed E-state index contributed by atoms with van der Waals surface area (Å²) in [5.41, 5.74) is 0.806. The molecule has 2 heterocycles. The highest BCUT2D eigenvalue weighted by Gasteiger charge is 2.09. The van der Waals surface area contributed by atoms with E-state index in [2.05, 4.69) is 10.3 Å². The molecule has 1 aromatic carbocycles. The number of benzene rings is 1. The molecule has 0 amide bonds. The van der Waals surface area contributed by atoms with Gasteiger partial charge in [-0.2, -0.15) is 0 Å². The number of oxazole rings is 1. The van der Waals surface area contributed by atoms with Crippen molar-refractivity contribution in [1.82, 2.24) is 4.98 Å². The van der Waals surface area contributed by atoms with Crippen LogP contribution in [0.1, 0.15) is 5.89 Å². The molecule has 3 rings (SSSR count). The average molecular weight is 321 g/mol.